The number of halogens is 2. The number of ether oxygens (including phenoxy) is 1. The largest absolute Gasteiger partial charge is 0.375 e. The zero-order valence-corrected chi connectivity index (χ0v) is 12.7. The molecule has 0 amide bonds. The van der Waals surface area contributed by atoms with Crippen molar-refractivity contribution < 1.29 is 9.53 Å². The second-order valence-corrected chi connectivity index (χ2v) is 6.24. The maximum Gasteiger partial charge on any atom is 0.176 e. The molecule has 1 aromatic carbocycles. The summed E-state index contributed by atoms with van der Waals surface area (Å²) in [6, 6.07) is 5.46. The van der Waals surface area contributed by atoms with Gasteiger partial charge in [0.25, 0.3) is 0 Å². The molecule has 1 aliphatic heterocycles. The lowest BCUT2D eigenvalue weighted by Crippen LogP contribution is -2.50. The third-order valence-electron chi connectivity index (χ3n) is 4.19. The van der Waals surface area contributed by atoms with Crippen molar-refractivity contribution in [1.29, 1.82) is 0 Å². The van der Waals surface area contributed by atoms with Crippen LogP contribution in [0.4, 0.5) is 0 Å². The molecule has 0 aromatic heterocycles. The van der Waals surface area contributed by atoms with E-state index in [0.717, 1.165) is 26.0 Å². The molecule has 1 saturated carbocycles. The fourth-order valence-electron chi connectivity index (χ4n) is 3.15. The summed E-state index contributed by atoms with van der Waals surface area (Å²) in [6.45, 7) is 1.98. The van der Waals surface area contributed by atoms with Crippen molar-refractivity contribution >= 4 is 29.0 Å². The number of carbonyl (C=O) groups is 1. The SMILES string of the molecule is O=C(CN1CCOC2CCCC21)c1ccc(Cl)c(Cl)c1. The number of carbonyl (C=O) groups excluding carboxylic acids is 1. The molecule has 0 radical (unpaired) electrons. The molecule has 2 atom stereocenters. The number of rotatable bonds is 3. The van der Waals surface area contributed by atoms with Crippen LogP contribution in [0.15, 0.2) is 18.2 Å². The van der Waals surface area contributed by atoms with Gasteiger partial charge in [0.15, 0.2) is 5.78 Å². The second kappa shape index (κ2) is 6.02. The van der Waals surface area contributed by atoms with Gasteiger partial charge in [0.05, 0.1) is 29.3 Å². The predicted molar refractivity (Wildman–Crippen MR) is 79.7 cm³/mol. The van der Waals surface area contributed by atoms with E-state index in [9.17, 15) is 4.79 Å². The van der Waals surface area contributed by atoms with E-state index in [0.29, 0.717) is 34.3 Å². The van der Waals surface area contributed by atoms with E-state index in [1.165, 1.54) is 6.42 Å². The number of ketones is 1. The molecule has 1 saturated heterocycles. The fourth-order valence-corrected chi connectivity index (χ4v) is 3.45. The zero-order valence-electron chi connectivity index (χ0n) is 11.1. The van der Waals surface area contributed by atoms with Crippen LogP contribution >= 0.6 is 23.2 Å². The maximum absolute atomic E-state index is 12.4. The van der Waals surface area contributed by atoms with Crippen LogP contribution in [0.1, 0.15) is 29.6 Å². The standard InChI is InChI=1S/C15H17Cl2NO2/c16-11-5-4-10(8-12(11)17)14(19)9-18-6-7-20-15-3-1-2-13(15)18/h4-5,8,13,15H,1-3,6-7,9H2. The van der Waals surface area contributed by atoms with E-state index in [1.54, 1.807) is 18.2 Å². The van der Waals surface area contributed by atoms with Crippen LogP contribution in [-0.2, 0) is 4.74 Å². The second-order valence-electron chi connectivity index (χ2n) is 5.43. The highest BCUT2D eigenvalue weighted by atomic mass is 35.5. The van der Waals surface area contributed by atoms with Crippen molar-refractivity contribution in [1.82, 2.24) is 4.90 Å². The summed E-state index contributed by atoms with van der Waals surface area (Å²) < 4.78 is 5.76. The number of nitrogens with zero attached hydrogens (tertiary/aromatic N) is 1. The van der Waals surface area contributed by atoms with Gasteiger partial charge in [-0.15, -0.1) is 0 Å². The van der Waals surface area contributed by atoms with Gasteiger partial charge < -0.3 is 4.74 Å². The van der Waals surface area contributed by atoms with Gasteiger partial charge in [-0.3, -0.25) is 9.69 Å². The van der Waals surface area contributed by atoms with Crippen molar-refractivity contribution in [3.8, 4) is 0 Å². The molecule has 2 aliphatic rings. The summed E-state index contributed by atoms with van der Waals surface area (Å²) in [5.41, 5.74) is 0.625. The normalized spacial score (nSPS) is 26.5. The summed E-state index contributed by atoms with van der Waals surface area (Å²) in [6.07, 6.45) is 3.74. The monoisotopic (exact) mass is 313 g/mol. The van der Waals surface area contributed by atoms with Crippen LogP contribution in [0.25, 0.3) is 0 Å². The molecule has 1 aromatic rings. The van der Waals surface area contributed by atoms with E-state index >= 15 is 0 Å². The molecule has 3 nitrogen and oxygen atoms in total. The molecule has 3 rings (SSSR count). The predicted octanol–water partition coefficient (Wildman–Crippen LogP) is 3.43. The molecule has 20 heavy (non-hydrogen) atoms. The van der Waals surface area contributed by atoms with Gasteiger partial charge in [-0.25, -0.2) is 0 Å². The molecule has 108 valence electrons. The van der Waals surface area contributed by atoms with Crippen LogP contribution in [0.3, 0.4) is 0 Å². The third-order valence-corrected chi connectivity index (χ3v) is 4.92. The number of hydrogen-bond acceptors (Lipinski definition) is 3. The van der Waals surface area contributed by atoms with Crippen LogP contribution in [0.2, 0.25) is 10.0 Å². The van der Waals surface area contributed by atoms with Crippen molar-refractivity contribution in [3.63, 3.8) is 0 Å². The number of fused-ring (bicyclic) bond motifs is 1. The van der Waals surface area contributed by atoms with Crippen LogP contribution in [0, 0.1) is 0 Å². The van der Waals surface area contributed by atoms with Gasteiger partial charge >= 0.3 is 0 Å². The number of Topliss-reactive ketones (excluding diaryl/α,β-unsaturated/α-hetero) is 1. The van der Waals surface area contributed by atoms with E-state index in [-0.39, 0.29) is 5.78 Å². The highest BCUT2D eigenvalue weighted by Crippen LogP contribution is 2.30. The molecule has 0 bridgehead atoms. The van der Waals surface area contributed by atoms with Crippen molar-refractivity contribution in [2.45, 2.75) is 31.4 Å². The molecule has 5 heteroatoms. The first-order chi connectivity index (χ1) is 9.65. The minimum atomic E-state index is 0.0936. The van der Waals surface area contributed by atoms with Gasteiger partial charge in [-0.2, -0.15) is 0 Å². The van der Waals surface area contributed by atoms with Crippen LogP contribution in [-0.4, -0.2) is 42.5 Å². The Balaban J connectivity index is 1.70. The lowest BCUT2D eigenvalue weighted by molar-refractivity contribution is -0.0522. The van der Waals surface area contributed by atoms with Gasteiger partial charge in [0, 0.05) is 18.2 Å². The highest BCUT2D eigenvalue weighted by Gasteiger charge is 2.36. The minimum absolute atomic E-state index is 0.0936. The van der Waals surface area contributed by atoms with Crippen molar-refractivity contribution in [2.24, 2.45) is 0 Å². The first kappa shape index (κ1) is 14.3. The first-order valence-electron chi connectivity index (χ1n) is 6.99. The van der Waals surface area contributed by atoms with Crippen molar-refractivity contribution in [2.75, 3.05) is 19.7 Å². The Morgan fingerprint density at radius 2 is 2.15 bits per heavy atom. The zero-order chi connectivity index (χ0) is 14.1. The van der Waals surface area contributed by atoms with Crippen molar-refractivity contribution in [3.05, 3.63) is 33.8 Å². The van der Waals surface area contributed by atoms with E-state index < -0.39 is 0 Å². The smallest absolute Gasteiger partial charge is 0.176 e. The number of benzene rings is 1. The first-order valence-corrected chi connectivity index (χ1v) is 7.74. The Hall–Kier alpha value is -0.610. The summed E-state index contributed by atoms with van der Waals surface area (Å²) in [5, 5.41) is 0.906. The summed E-state index contributed by atoms with van der Waals surface area (Å²) in [7, 11) is 0. The summed E-state index contributed by atoms with van der Waals surface area (Å²) in [4.78, 5) is 14.6. The molecule has 1 aliphatic carbocycles. The quantitative estimate of drug-likeness (QED) is 0.801. The van der Waals surface area contributed by atoms with E-state index in [2.05, 4.69) is 4.90 Å². The average Bonchev–Trinajstić information content (AvgIpc) is 2.91. The Bertz CT molecular complexity index is 521. The average molecular weight is 314 g/mol. The summed E-state index contributed by atoms with van der Waals surface area (Å²) in [5.74, 6) is 0.0936. The molecule has 0 spiro atoms. The Morgan fingerprint density at radius 1 is 1.30 bits per heavy atom. The molecule has 2 fully saturated rings. The number of morpholine rings is 1. The minimum Gasteiger partial charge on any atom is -0.375 e. The molecular formula is C15H17Cl2NO2. The molecule has 1 heterocycles. The van der Waals surface area contributed by atoms with Gasteiger partial charge in [-0.1, -0.05) is 23.2 Å². The van der Waals surface area contributed by atoms with Crippen LogP contribution in [0.5, 0.6) is 0 Å². The highest BCUT2D eigenvalue weighted by molar-refractivity contribution is 6.42. The Morgan fingerprint density at radius 3 is 2.95 bits per heavy atom. The molecular weight excluding hydrogens is 297 g/mol. The lowest BCUT2D eigenvalue weighted by Gasteiger charge is -2.37. The Labute approximate surface area is 128 Å². The van der Waals surface area contributed by atoms with Crippen LogP contribution < -0.4 is 0 Å². The Kier molecular flexibility index (Phi) is 4.32. The molecule has 0 N–H and O–H groups in total. The van der Waals surface area contributed by atoms with E-state index in [4.69, 9.17) is 27.9 Å². The molecule has 2 unspecified atom stereocenters. The van der Waals surface area contributed by atoms with E-state index in [1.807, 2.05) is 0 Å². The topological polar surface area (TPSA) is 29.5 Å². The lowest BCUT2D eigenvalue weighted by atomic mass is 10.1. The van der Waals surface area contributed by atoms with Gasteiger partial charge in [-0.05, 0) is 37.5 Å². The maximum atomic E-state index is 12.4. The fraction of sp³-hybridized carbons (Fsp3) is 0.533. The third kappa shape index (κ3) is 2.86. The number of hydrogen-bond donors (Lipinski definition) is 0. The van der Waals surface area contributed by atoms with Gasteiger partial charge in [0.2, 0.25) is 0 Å². The van der Waals surface area contributed by atoms with Gasteiger partial charge in [0.1, 0.15) is 0 Å². The summed E-state index contributed by atoms with van der Waals surface area (Å²) >= 11 is 11.9.